The van der Waals surface area contributed by atoms with E-state index in [-0.39, 0.29) is 17.5 Å². The molecule has 154 valence electrons. The highest BCUT2D eigenvalue weighted by molar-refractivity contribution is 14.1. The maximum absolute atomic E-state index is 12.7. The second-order valence-electron chi connectivity index (χ2n) is 6.81. The third-order valence-electron chi connectivity index (χ3n) is 4.40. The van der Waals surface area contributed by atoms with E-state index in [9.17, 15) is 8.42 Å². The number of nitrogens with zero attached hydrogens (tertiary/aromatic N) is 2. The predicted octanol–water partition coefficient (Wildman–Crippen LogP) is 3.13. The third kappa shape index (κ3) is 4.96. The summed E-state index contributed by atoms with van der Waals surface area (Å²) in [6, 6.07) is 3.49. The largest absolute Gasteiger partial charge is 0.493 e. The van der Waals surface area contributed by atoms with Gasteiger partial charge in [-0.25, -0.2) is 4.98 Å². The second-order valence-corrected chi connectivity index (χ2v) is 10.1. The van der Waals surface area contributed by atoms with Crippen molar-refractivity contribution in [1.82, 2.24) is 9.97 Å². The molecule has 0 aliphatic carbocycles. The Bertz CT molecular complexity index is 964. The molecular formula is C18H25IN4O4S. The lowest BCUT2D eigenvalue weighted by atomic mass is 10.1. The van der Waals surface area contributed by atoms with Crippen LogP contribution in [0.4, 0.5) is 11.8 Å². The molecule has 1 heterocycles. The number of halogens is 1. The number of benzene rings is 1. The molecule has 0 fully saturated rings. The molecule has 0 aliphatic rings. The normalized spacial score (nSPS) is 12.0. The van der Waals surface area contributed by atoms with Gasteiger partial charge in [0.25, 0.3) is 0 Å². The highest BCUT2D eigenvalue weighted by atomic mass is 127. The first-order valence-corrected chi connectivity index (χ1v) is 11.3. The lowest BCUT2D eigenvalue weighted by Gasteiger charge is -2.23. The van der Waals surface area contributed by atoms with Crippen LogP contribution in [0.25, 0.3) is 0 Å². The minimum absolute atomic E-state index is 0.0933. The Morgan fingerprint density at radius 2 is 1.82 bits per heavy atom. The number of ether oxygens (including phenoxy) is 1. The van der Waals surface area contributed by atoms with Crippen molar-refractivity contribution in [1.29, 1.82) is 0 Å². The van der Waals surface area contributed by atoms with Crippen molar-refractivity contribution < 1.29 is 17.3 Å². The summed E-state index contributed by atoms with van der Waals surface area (Å²) in [5.41, 5.74) is 12.9. The van der Waals surface area contributed by atoms with Gasteiger partial charge in [0.15, 0.2) is 5.75 Å². The molecule has 0 saturated carbocycles. The number of nitrogens with two attached hydrogens (primary N) is 2. The number of anilines is 2. The van der Waals surface area contributed by atoms with Crippen LogP contribution >= 0.6 is 22.6 Å². The number of aromatic nitrogens is 2. The summed E-state index contributed by atoms with van der Waals surface area (Å²) in [7, 11) is -3.85. The van der Waals surface area contributed by atoms with Gasteiger partial charge in [-0.15, -0.1) is 0 Å². The van der Waals surface area contributed by atoms with E-state index in [0.717, 1.165) is 5.56 Å². The van der Waals surface area contributed by atoms with Gasteiger partial charge in [-0.05, 0) is 67.5 Å². The van der Waals surface area contributed by atoms with Crippen molar-refractivity contribution >= 4 is 44.5 Å². The first kappa shape index (κ1) is 22.5. The number of hydrogen-bond donors (Lipinski definition) is 2. The Hall–Kier alpha value is -1.82. The van der Waals surface area contributed by atoms with Crippen LogP contribution < -0.4 is 20.4 Å². The van der Waals surface area contributed by atoms with E-state index in [4.69, 9.17) is 20.4 Å². The maximum Gasteiger partial charge on any atom is 0.314 e. The molecule has 8 nitrogen and oxygen atoms in total. The highest BCUT2D eigenvalue weighted by Crippen LogP contribution is 2.36. The van der Waals surface area contributed by atoms with Crippen LogP contribution in [0.1, 0.15) is 45.2 Å². The van der Waals surface area contributed by atoms with Crippen molar-refractivity contribution in [3.05, 3.63) is 33.0 Å². The van der Waals surface area contributed by atoms with Gasteiger partial charge in [-0.2, -0.15) is 13.4 Å². The SMILES string of the molecule is CCOc1cc(Cc2cnc(N)nc2N)cc(OS(=O)(=O)C(C)(C)CC)c1I. The van der Waals surface area contributed by atoms with Gasteiger partial charge >= 0.3 is 10.1 Å². The molecule has 0 saturated heterocycles. The molecule has 1 aromatic carbocycles. The molecule has 0 aliphatic heterocycles. The quantitative estimate of drug-likeness (QED) is 0.401. The minimum atomic E-state index is -3.85. The maximum atomic E-state index is 12.7. The molecule has 28 heavy (non-hydrogen) atoms. The van der Waals surface area contributed by atoms with Crippen LogP contribution in [0.5, 0.6) is 11.5 Å². The molecule has 1 aromatic heterocycles. The zero-order chi connectivity index (χ0) is 21.1. The molecule has 4 N–H and O–H groups in total. The van der Waals surface area contributed by atoms with E-state index in [1.54, 1.807) is 33.0 Å². The van der Waals surface area contributed by atoms with Crippen LogP contribution in [0.3, 0.4) is 0 Å². The van der Waals surface area contributed by atoms with Crippen LogP contribution in [-0.2, 0) is 16.5 Å². The van der Waals surface area contributed by atoms with Gasteiger partial charge in [0.2, 0.25) is 5.95 Å². The van der Waals surface area contributed by atoms with Gasteiger partial charge in [0.1, 0.15) is 16.3 Å². The number of hydrogen-bond acceptors (Lipinski definition) is 8. The fourth-order valence-corrected chi connectivity index (χ4v) is 3.92. The van der Waals surface area contributed by atoms with Crippen molar-refractivity contribution in [2.45, 2.75) is 45.3 Å². The van der Waals surface area contributed by atoms with E-state index in [1.807, 2.05) is 35.6 Å². The second kappa shape index (κ2) is 8.68. The Kier molecular flexibility index (Phi) is 6.97. The highest BCUT2D eigenvalue weighted by Gasteiger charge is 2.35. The summed E-state index contributed by atoms with van der Waals surface area (Å²) < 4.78 is 36.2. The summed E-state index contributed by atoms with van der Waals surface area (Å²) in [5.74, 6) is 1.12. The molecule has 10 heteroatoms. The molecule has 0 spiro atoms. The predicted molar refractivity (Wildman–Crippen MR) is 118 cm³/mol. The molecular weight excluding hydrogens is 495 g/mol. The van der Waals surface area contributed by atoms with E-state index in [0.29, 0.717) is 34.3 Å². The summed E-state index contributed by atoms with van der Waals surface area (Å²) in [4.78, 5) is 7.92. The fourth-order valence-electron chi connectivity index (χ4n) is 2.25. The van der Waals surface area contributed by atoms with Crippen LogP contribution in [0.15, 0.2) is 18.3 Å². The molecule has 0 bridgehead atoms. The van der Waals surface area contributed by atoms with E-state index < -0.39 is 14.9 Å². The third-order valence-corrected chi connectivity index (χ3v) is 7.51. The van der Waals surface area contributed by atoms with E-state index in [2.05, 4.69) is 9.97 Å². The van der Waals surface area contributed by atoms with E-state index >= 15 is 0 Å². The topological polar surface area (TPSA) is 130 Å². The van der Waals surface area contributed by atoms with Crippen LogP contribution in [0, 0.1) is 3.57 Å². The Morgan fingerprint density at radius 1 is 1.18 bits per heavy atom. The zero-order valence-corrected chi connectivity index (χ0v) is 19.3. The van der Waals surface area contributed by atoms with Gasteiger partial charge < -0.3 is 20.4 Å². The van der Waals surface area contributed by atoms with Crippen LogP contribution in [0.2, 0.25) is 0 Å². The first-order chi connectivity index (χ1) is 13.0. The average Bonchev–Trinajstić information content (AvgIpc) is 2.61. The molecule has 0 amide bonds. The summed E-state index contributed by atoms with van der Waals surface area (Å²) in [6.07, 6.45) is 2.34. The standard InChI is InChI=1S/C18H25IN4O4S/c1-5-18(3,4)28(24,25)27-14-9-11(8-13(15(14)19)26-6-2)7-12-10-22-17(21)23-16(12)20/h8-10H,5-7H2,1-4H3,(H4,20,21,22,23). The minimum Gasteiger partial charge on any atom is -0.493 e. The van der Waals surface area contributed by atoms with Crippen LogP contribution in [-0.4, -0.2) is 29.7 Å². The summed E-state index contributed by atoms with van der Waals surface area (Å²) >= 11 is 2.02. The summed E-state index contributed by atoms with van der Waals surface area (Å²) in [5, 5.41) is 0. The Balaban J connectivity index is 2.48. The molecule has 2 rings (SSSR count). The molecule has 0 atom stereocenters. The Morgan fingerprint density at radius 3 is 2.39 bits per heavy atom. The lowest BCUT2D eigenvalue weighted by Crippen LogP contribution is -2.35. The molecule has 0 unspecified atom stereocenters. The Labute approximate surface area is 179 Å². The van der Waals surface area contributed by atoms with Crippen molar-refractivity contribution in [3.63, 3.8) is 0 Å². The van der Waals surface area contributed by atoms with Gasteiger partial charge in [0.05, 0.1) is 10.2 Å². The van der Waals surface area contributed by atoms with Crippen molar-refractivity contribution in [2.75, 3.05) is 18.1 Å². The van der Waals surface area contributed by atoms with E-state index in [1.165, 1.54) is 0 Å². The number of nitrogen functional groups attached to an aromatic ring is 2. The summed E-state index contributed by atoms with van der Waals surface area (Å²) in [6.45, 7) is 7.35. The van der Waals surface area contributed by atoms with Crippen molar-refractivity contribution in [3.8, 4) is 11.5 Å². The molecule has 2 aromatic rings. The average molecular weight is 520 g/mol. The zero-order valence-electron chi connectivity index (χ0n) is 16.3. The van der Waals surface area contributed by atoms with Crippen molar-refractivity contribution in [2.24, 2.45) is 0 Å². The first-order valence-electron chi connectivity index (χ1n) is 8.76. The van der Waals surface area contributed by atoms with Gasteiger partial charge in [0, 0.05) is 18.2 Å². The number of rotatable bonds is 8. The lowest BCUT2D eigenvalue weighted by molar-refractivity contribution is 0.335. The smallest absolute Gasteiger partial charge is 0.314 e. The van der Waals surface area contributed by atoms with Gasteiger partial charge in [-0.1, -0.05) is 6.92 Å². The monoisotopic (exact) mass is 520 g/mol. The molecule has 0 radical (unpaired) electrons. The fraction of sp³-hybridized carbons (Fsp3) is 0.444. The van der Waals surface area contributed by atoms with Gasteiger partial charge in [-0.3, -0.25) is 0 Å².